The first-order chi connectivity index (χ1) is 7.18. The SMILES string of the molecule is Cc1cnc(C(O)C2CCCC2)c(C)c1. The van der Waals surface area contributed by atoms with Crippen LogP contribution in [0.4, 0.5) is 0 Å². The highest BCUT2D eigenvalue weighted by Gasteiger charge is 2.26. The van der Waals surface area contributed by atoms with Crippen molar-refractivity contribution in [1.82, 2.24) is 4.98 Å². The van der Waals surface area contributed by atoms with Gasteiger partial charge in [0.2, 0.25) is 0 Å². The number of aliphatic hydroxyl groups is 1. The fraction of sp³-hybridized carbons (Fsp3) is 0.615. The van der Waals surface area contributed by atoms with E-state index in [4.69, 9.17) is 0 Å². The van der Waals surface area contributed by atoms with Gasteiger partial charge in [-0.25, -0.2) is 0 Å². The number of nitrogens with zero attached hydrogens (tertiary/aromatic N) is 1. The Hall–Kier alpha value is -0.890. The van der Waals surface area contributed by atoms with Crippen molar-refractivity contribution in [3.8, 4) is 0 Å². The van der Waals surface area contributed by atoms with Crippen LogP contribution in [0.3, 0.4) is 0 Å². The highest BCUT2D eigenvalue weighted by atomic mass is 16.3. The van der Waals surface area contributed by atoms with Gasteiger partial charge in [-0.05, 0) is 43.7 Å². The van der Waals surface area contributed by atoms with Crippen molar-refractivity contribution in [2.45, 2.75) is 45.6 Å². The van der Waals surface area contributed by atoms with Crippen molar-refractivity contribution < 1.29 is 5.11 Å². The lowest BCUT2D eigenvalue weighted by Crippen LogP contribution is -2.12. The van der Waals surface area contributed by atoms with E-state index in [-0.39, 0.29) is 6.10 Å². The van der Waals surface area contributed by atoms with E-state index in [0.29, 0.717) is 5.92 Å². The predicted molar refractivity (Wildman–Crippen MR) is 60.6 cm³/mol. The zero-order chi connectivity index (χ0) is 10.8. The molecule has 1 aromatic rings. The van der Waals surface area contributed by atoms with Gasteiger partial charge in [0.1, 0.15) is 0 Å². The van der Waals surface area contributed by atoms with Gasteiger partial charge < -0.3 is 5.11 Å². The van der Waals surface area contributed by atoms with Crippen LogP contribution < -0.4 is 0 Å². The molecule has 1 saturated carbocycles. The minimum Gasteiger partial charge on any atom is -0.387 e. The van der Waals surface area contributed by atoms with E-state index in [9.17, 15) is 5.11 Å². The van der Waals surface area contributed by atoms with Crippen LogP contribution in [0, 0.1) is 19.8 Å². The number of pyridine rings is 1. The molecule has 1 N–H and O–H groups in total. The first-order valence-electron chi connectivity index (χ1n) is 5.79. The summed E-state index contributed by atoms with van der Waals surface area (Å²) in [5.41, 5.74) is 3.16. The van der Waals surface area contributed by atoms with Crippen LogP contribution >= 0.6 is 0 Å². The summed E-state index contributed by atoms with van der Waals surface area (Å²) >= 11 is 0. The Morgan fingerprint density at radius 3 is 2.60 bits per heavy atom. The van der Waals surface area contributed by atoms with Gasteiger partial charge in [-0.2, -0.15) is 0 Å². The van der Waals surface area contributed by atoms with Crippen molar-refractivity contribution >= 4 is 0 Å². The molecule has 1 aliphatic carbocycles. The van der Waals surface area contributed by atoms with Crippen molar-refractivity contribution in [2.75, 3.05) is 0 Å². The smallest absolute Gasteiger partial charge is 0.0990 e. The van der Waals surface area contributed by atoms with E-state index >= 15 is 0 Å². The molecular formula is C13H19NO. The third-order valence-electron chi connectivity index (χ3n) is 3.38. The highest BCUT2D eigenvalue weighted by Crippen LogP contribution is 2.35. The van der Waals surface area contributed by atoms with Crippen molar-refractivity contribution in [3.05, 3.63) is 29.1 Å². The number of aliphatic hydroxyl groups excluding tert-OH is 1. The molecule has 1 aromatic heterocycles. The van der Waals surface area contributed by atoms with Crippen molar-refractivity contribution in [2.24, 2.45) is 5.92 Å². The van der Waals surface area contributed by atoms with Crippen LogP contribution in [0.1, 0.15) is 48.6 Å². The Bertz CT molecular complexity index is 342. The molecule has 0 saturated heterocycles. The molecule has 0 bridgehead atoms. The number of aromatic nitrogens is 1. The van der Waals surface area contributed by atoms with Gasteiger partial charge in [-0.15, -0.1) is 0 Å². The maximum Gasteiger partial charge on any atom is 0.0990 e. The maximum atomic E-state index is 10.2. The van der Waals surface area contributed by atoms with Gasteiger partial charge in [-0.3, -0.25) is 4.98 Å². The summed E-state index contributed by atoms with van der Waals surface area (Å²) in [6.07, 6.45) is 6.31. The average molecular weight is 205 g/mol. The molecule has 1 heterocycles. The van der Waals surface area contributed by atoms with Crippen LogP contribution in [0.2, 0.25) is 0 Å². The first kappa shape index (κ1) is 10.6. The second kappa shape index (κ2) is 4.31. The van der Waals surface area contributed by atoms with Crippen LogP contribution in [0.5, 0.6) is 0 Å². The summed E-state index contributed by atoms with van der Waals surface area (Å²) in [7, 11) is 0. The molecule has 1 aliphatic rings. The zero-order valence-corrected chi connectivity index (χ0v) is 9.53. The normalized spacial score (nSPS) is 19.4. The molecule has 0 radical (unpaired) electrons. The standard InChI is InChI=1S/C13H19NO/c1-9-7-10(2)12(14-8-9)13(15)11-5-3-4-6-11/h7-8,11,13,15H,3-6H2,1-2H3. The molecule has 0 spiro atoms. The van der Waals surface area contributed by atoms with Crippen LogP contribution in [-0.2, 0) is 0 Å². The van der Waals surface area contributed by atoms with Gasteiger partial charge in [0, 0.05) is 6.20 Å². The monoisotopic (exact) mass is 205 g/mol. The van der Waals surface area contributed by atoms with E-state index in [1.165, 1.54) is 12.8 Å². The molecule has 0 aliphatic heterocycles. The molecule has 15 heavy (non-hydrogen) atoms. The Balaban J connectivity index is 2.20. The maximum absolute atomic E-state index is 10.2. The molecule has 82 valence electrons. The fourth-order valence-electron chi connectivity index (χ4n) is 2.53. The summed E-state index contributed by atoms with van der Waals surface area (Å²) in [6.45, 7) is 4.07. The van der Waals surface area contributed by atoms with E-state index < -0.39 is 0 Å². The van der Waals surface area contributed by atoms with E-state index in [0.717, 1.165) is 29.7 Å². The van der Waals surface area contributed by atoms with Crippen LogP contribution in [-0.4, -0.2) is 10.1 Å². The Morgan fingerprint density at radius 1 is 1.33 bits per heavy atom. The lowest BCUT2D eigenvalue weighted by atomic mass is 9.95. The minimum absolute atomic E-state index is 0.354. The van der Waals surface area contributed by atoms with Crippen molar-refractivity contribution in [1.29, 1.82) is 0 Å². The number of hydrogen-bond acceptors (Lipinski definition) is 2. The second-order valence-electron chi connectivity index (χ2n) is 4.70. The summed E-state index contributed by atoms with van der Waals surface area (Å²) in [5, 5.41) is 10.2. The molecule has 2 nitrogen and oxygen atoms in total. The third kappa shape index (κ3) is 2.20. The van der Waals surface area contributed by atoms with Gasteiger partial charge in [-0.1, -0.05) is 18.9 Å². The number of aryl methyl sites for hydroxylation is 2. The average Bonchev–Trinajstić information content (AvgIpc) is 2.69. The second-order valence-corrected chi connectivity index (χ2v) is 4.70. The highest BCUT2D eigenvalue weighted by molar-refractivity contribution is 5.25. The third-order valence-corrected chi connectivity index (χ3v) is 3.38. The predicted octanol–water partition coefficient (Wildman–Crippen LogP) is 2.92. The minimum atomic E-state index is -0.354. The van der Waals surface area contributed by atoms with Crippen LogP contribution in [0.25, 0.3) is 0 Å². The summed E-state index contributed by atoms with van der Waals surface area (Å²) in [5.74, 6) is 0.430. The topological polar surface area (TPSA) is 33.1 Å². The lowest BCUT2D eigenvalue weighted by molar-refractivity contribution is 0.107. The Labute approximate surface area is 91.4 Å². The van der Waals surface area contributed by atoms with E-state index in [1.807, 2.05) is 20.0 Å². The number of rotatable bonds is 2. The molecular weight excluding hydrogens is 186 g/mol. The summed E-state index contributed by atoms with van der Waals surface area (Å²) in [6, 6.07) is 2.10. The summed E-state index contributed by atoms with van der Waals surface area (Å²) < 4.78 is 0. The fourth-order valence-corrected chi connectivity index (χ4v) is 2.53. The molecule has 1 fully saturated rings. The molecule has 1 atom stereocenters. The van der Waals surface area contributed by atoms with Gasteiger partial charge in [0.15, 0.2) is 0 Å². The van der Waals surface area contributed by atoms with Gasteiger partial charge >= 0.3 is 0 Å². The molecule has 0 aromatic carbocycles. The lowest BCUT2D eigenvalue weighted by Gasteiger charge is -2.18. The van der Waals surface area contributed by atoms with E-state index in [2.05, 4.69) is 11.1 Å². The van der Waals surface area contributed by atoms with Gasteiger partial charge in [0.05, 0.1) is 11.8 Å². The summed E-state index contributed by atoms with van der Waals surface area (Å²) in [4.78, 5) is 4.37. The molecule has 2 rings (SSSR count). The molecule has 1 unspecified atom stereocenters. The van der Waals surface area contributed by atoms with E-state index in [1.54, 1.807) is 0 Å². The Morgan fingerprint density at radius 2 is 2.00 bits per heavy atom. The quantitative estimate of drug-likeness (QED) is 0.805. The van der Waals surface area contributed by atoms with Crippen LogP contribution in [0.15, 0.2) is 12.3 Å². The largest absolute Gasteiger partial charge is 0.387 e. The zero-order valence-electron chi connectivity index (χ0n) is 9.53. The molecule has 2 heteroatoms. The van der Waals surface area contributed by atoms with Crippen molar-refractivity contribution in [3.63, 3.8) is 0 Å². The number of hydrogen-bond donors (Lipinski definition) is 1. The Kier molecular flexibility index (Phi) is 3.06. The molecule has 0 amide bonds. The first-order valence-corrected chi connectivity index (χ1v) is 5.79. The van der Waals surface area contributed by atoms with Gasteiger partial charge in [0.25, 0.3) is 0 Å².